The molecule has 0 radical (unpaired) electrons. The molecule has 0 aromatic heterocycles. The second-order valence-corrected chi connectivity index (χ2v) is 6.31. The van der Waals surface area contributed by atoms with Crippen molar-refractivity contribution >= 4 is 23.4 Å². The normalized spacial score (nSPS) is 10.5. The number of nitrogens with zero attached hydrogens (tertiary/aromatic N) is 2. The van der Waals surface area contributed by atoms with Crippen LogP contribution in [0.4, 0.5) is 5.69 Å². The third kappa shape index (κ3) is 6.84. The molecule has 2 N–H and O–H groups in total. The maximum atomic E-state index is 12.0. The molecule has 0 atom stereocenters. The minimum absolute atomic E-state index is 0.0158. The van der Waals surface area contributed by atoms with E-state index in [-0.39, 0.29) is 37.4 Å². The number of hydrogen-bond acceptors (Lipinski definition) is 4. The second kappa shape index (κ2) is 10.6. The molecule has 7 heteroatoms. The predicted molar refractivity (Wildman–Crippen MR) is 103 cm³/mol. The van der Waals surface area contributed by atoms with Crippen molar-refractivity contribution in [2.45, 2.75) is 27.7 Å². The summed E-state index contributed by atoms with van der Waals surface area (Å²) >= 11 is 0. The van der Waals surface area contributed by atoms with Gasteiger partial charge in [-0.25, -0.2) is 0 Å². The highest BCUT2D eigenvalue weighted by molar-refractivity contribution is 5.95. The summed E-state index contributed by atoms with van der Waals surface area (Å²) in [7, 11) is 1.71. The van der Waals surface area contributed by atoms with E-state index < -0.39 is 0 Å². The van der Waals surface area contributed by atoms with Gasteiger partial charge in [-0.15, -0.1) is 0 Å². The first-order valence-corrected chi connectivity index (χ1v) is 8.87. The van der Waals surface area contributed by atoms with Gasteiger partial charge in [0.15, 0.2) is 0 Å². The van der Waals surface area contributed by atoms with E-state index in [4.69, 9.17) is 0 Å². The van der Waals surface area contributed by atoms with Gasteiger partial charge in [-0.3, -0.25) is 19.3 Å². The quantitative estimate of drug-likeness (QED) is 0.691. The summed E-state index contributed by atoms with van der Waals surface area (Å²) in [5, 5.41) is 5.37. The van der Waals surface area contributed by atoms with Gasteiger partial charge in [-0.1, -0.05) is 12.1 Å². The summed E-state index contributed by atoms with van der Waals surface area (Å²) in [5.41, 5.74) is 2.83. The molecule has 0 saturated heterocycles. The van der Waals surface area contributed by atoms with Gasteiger partial charge in [0.2, 0.25) is 17.7 Å². The highest BCUT2D eigenvalue weighted by atomic mass is 16.2. The molecular formula is C19H30N4O3. The van der Waals surface area contributed by atoms with Crippen molar-refractivity contribution in [1.29, 1.82) is 0 Å². The van der Waals surface area contributed by atoms with Crippen molar-refractivity contribution in [2.24, 2.45) is 0 Å². The van der Waals surface area contributed by atoms with Crippen LogP contribution >= 0.6 is 0 Å². The number of carbonyl (C=O) groups is 3. The molecule has 0 unspecified atom stereocenters. The molecule has 26 heavy (non-hydrogen) atoms. The largest absolute Gasteiger partial charge is 0.346 e. The monoisotopic (exact) mass is 362 g/mol. The Bertz CT molecular complexity index is 642. The molecule has 0 heterocycles. The summed E-state index contributed by atoms with van der Waals surface area (Å²) in [6.07, 6.45) is 0. The summed E-state index contributed by atoms with van der Waals surface area (Å²) < 4.78 is 0. The standard InChI is InChI=1S/C19H30N4O3/c1-6-23(7-2)19(26)13-22(5)12-18(25)20-11-17(24)21-16-10-8-9-14(3)15(16)4/h8-10H,6-7,11-13H2,1-5H3,(H,20,25)(H,21,24). The van der Waals surface area contributed by atoms with Crippen LogP contribution in [-0.4, -0.2) is 67.3 Å². The zero-order valence-corrected chi connectivity index (χ0v) is 16.4. The van der Waals surface area contributed by atoms with E-state index >= 15 is 0 Å². The summed E-state index contributed by atoms with van der Waals surface area (Å²) in [6.45, 7) is 9.16. The van der Waals surface area contributed by atoms with Crippen LogP contribution in [0.15, 0.2) is 18.2 Å². The van der Waals surface area contributed by atoms with Crippen LogP contribution in [0, 0.1) is 13.8 Å². The molecule has 0 spiro atoms. The third-order valence-corrected chi connectivity index (χ3v) is 4.26. The fourth-order valence-corrected chi connectivity index (χ4v) is 2.52. The Balaban J connectivity index is 2.40. The zero-order chi connectivity index (χ0) is 19.7. The fraction of sp³-hybridized carbons (Fsp3) is 0.526. The third-order valence-electron chi connectivity index (χ3n) is 4.26. The highest BCUT2D eigenvalue weighted by Crippen LogP contribution is 2.17. The van der Waals surface area contributed by atoms with Crippen molar-refractivity contribution in [1.82, 2.24) is 15.1 Å². The van der Waals surface area contributed by atoms with E-state index in [0.29, 0.717) is 13.1 Å². The van der Waals surface area contributed by atoms with Crippen LogP contribution in [-0.2, 0) is 14.4 Å². The number of carbonyl (C=O) groups excluding carboxylic acids is 3. The summed E-state index contributed by atoms with van der Waals surface area (Å²) in [4.78, 5) is 39.3. The molecule has 0 aliphatic rings. The van der Waals surface area contributed by atoms with E-state index in [2.05, 4.69) is 10.6 Å². The lowest BCUT2D eigenvalue weighted by molar-refractivity contribution is -0.132. The molecular weight excluding hydrogens is 332 g/mol. The zero-order valence-electron chi connectivity index (χ0n) is 16.4. The van der Waals surface area contributed by atoms with Crippen molar-refractivity contribution in [3.05, 3.63) is 29.3 Å². The number of nitrogens with one attached hydrogen (secondary N) is 2. The number of hydrogen-bond donors (Lipinski definition) is 2. The van der Waals surface area contributed by atoms with Gasteiger partial charge >= 0.3 is 0 Å². The van der Waals surface area contributed by atoms with E-state index in [1.54, 1.807) is 16.8 Å². The summed E-state index contributed by atoms with van der Waals surface area (Å²) in [5.74, 6) is -0.595. The van der Waals surface area contributed by atoms with Crippen LogP contribution in [0.3, 0.4) is 0 Å². The molecule has 7 nitrogen and oxygen atoms in total. The number of likely N-dealkylation sites (N-methyl/N-ethyl adjacent to an activating group) is 2. The minimum Gasteiger partial charge on any atom is -0.346 e. The first kappa shape index (κ1) is 21.6. The van der Waals surface area contributed by atoms with Crippen molar-refractivity contribution in [3.8, 4) is 0 Å². The second-order valence-electron chi connectivity index (χ2n) is 6.31. The Morgan fingerprint density at radius 3 is 2.27 bits per heavy atom. The van der Waals surface area contributed by atoms with E-state index in [1.807, 2.05) is 45.9 Å². The Labute approximate surface area is 155 Å². The fourth-order valence-electron chi connectivity index (χ4n) is 2.52. The van der Waals surface area contributed by atoms with Crippen LogP contribution in [0.2, 0.25) is 0 Å². The molecule has 0 fully saturated rings. The lowest BCUT2D eigenvalue weighted by Gasteiger charge is -2.22. The smallest absolute Gasteiger partial charge is 0.243 e. The molecule has 144 valence electrons. The highest BCUT2D eigenvalue weighted by Gasteiger charge is 2.15. The number of aryl methyl sites for hydroxylation is 1. The van der Waals surface area contributed by atoms with E-state index in [1.165, 1.54) is 0 Å². The van der Waals surface area contributed by atoms with Gasteiger partial charge in [0.25, 0.3) is 0 Å². The first-order chi connectivity index (χ1) is 12.3. The van der Waals surface area contributed by atoms with Crippen molar-refractivity contribution in [3.63, 3.8) is 0 Å². The van der Waals surface area contributed by atoms with Crippen molar-refractivity contribution < 1.29 is 14.4 Å². The molecule has 1 aromatic carbocycles. The number of amides is 3. The van der Waals surface area contributed by atoms with Gasteiger partial charge in [-0.05, 0) is 51.9 Å². The van der Waals surface area contributed by atoms with E-state index in [9.17, 15) is 14.4 Å². The molecule has 0 aliphatic heterocycles. The van der Waals surface area contributed by atoms with Crippen LogP contribution < -0.4 is 10.6 Å². The van der Waals surface area contributed by atoms with Gasteiger partial charge in [-0.2, -0.15) is 0 Å². The van der Waals surface area contributed by atoms with Crippen molar-refractivity contribution in [2.75, 3.05) is 45.1 Å². The molecule has 1 rings (SSSR count). The molecule has 0 saturated carbocycles. The number of rotatable bonds is 9. The summed E-state index contributed by atoms with van der Waals surface area (Å²) in [6, 6.07) is 5.68. The van der Waals surface area contributed by atoms with Crippen LogP contribution in [0.1, 0.15) is 25.0 Å². The first-order valence-electron chi connectivity index (χ1n) is 8.87. The Morgan fingerprint density at radius 1 is 1.00 bits per heavy atom. The van der Waals surface area contributed by atoms with Gasteiger partial charge < -0.3 is 15.5 Å². The van der Waals surface area contributed by atoms with Gasteiger partial charge in [0.1, 0.15) is 0 Å². The number of benzene rings is 1. The SMILES string of the molecule is CCN(CC)C(=O)CN(C)CC(=O)NCC(=O)Nc1cccc(C)c1C. The predicted octanol–water partition coefficient (Wildman–Crippen LogP) is 1.16. The maximum Gasteiger partial charge on any atom is 0.243 e. The number of anilines is 1. The topological polar surface area (TPSA) is 81.8 Å². The molecule has 0 aliphatic carbocycles. The Morgan fingerprint density at radius 2 is 1.65 bits per heavy atom. The molecule has 3 amide bonds. The molecule has 0 bridgehead atoms. The minimum atomic E-state index is -0.295. The average Bonchev–Trinajstić information content (AvgIpc) is 2.58. The lowest BCUT2D eigenvalue weighted by Crippen LogP contribution is -2.43. The average molecular weight is 362 g/mol. The van der Waals surface area contributed by atoms with Gasteiger partial charge in [0.05, 0.1) is 19.6 Å². The lowest BCUT2D eigenvalue weighted by atomic mass is 10.1. The Kier molecular flexibility index (Phi) is 8.78. The van der Waals surface area contributed by atoms with Crippen LogP contribution in [0.25, 0.3) is 0 Å². The van der Waals surface area contributed by atoms with E-state index in [0.717, 1.165) is 16.8 Å². The Hall–Kier alpha value is -2.41. The molecule has 1 aromatic rings. The van der Waals surface area contributed by atoms with Crippen LogP contribution in [0.5, 0.6) is 0 Å². The maximum absolute atomic E-state index is 12.0. The van der Waals surface area contributed by atoms with Gasteiger partial charge in [0, 0.05) is 18.8 Å².